The Morgan fingerprint density at radius 3 is 2.62 bits per heavy atom. The highest BCUT2D eigenvalue weighted by molar-refractivity contribution is 5.91. The molecule has 8 nitrogen and oxygen atoms in total. The highest BCUT2D eigenvalue weighted by Gasteiger charge is 2.26. The average molecular weight is 466 g/mol. The fourth-order valence-corrected chi connectivity index (χ4v) is 4.26. The molecule has 0 N–H and O–H groups in total. The van der Waals surface area contributed by atoms with Gasteiger partial charge >= 0.3 is 0 Å². The Morgan fingerprint density at radius 2 is 1.97 bits per heavy atom. The number of carbonyl (C=O) groups is 1. The minimum atomic E-state index is -0.532. The standard InChI is InChI=1S/C25H28FN5O3/c1-16(2)31(17(3)32)19-7-5-18(6-8-19)23-15-30(11-12-34-23)25-28-22(13-24(33)29(25)4)20-9-10-27-14-21(20)26/h5-10,13-14,16,23H,11-12,15H2,1-4H3/t23-/m1/s1. The van der Waals surface area contributed by atoms with Crippen molar-refractivity contribution in [1.82, 2.24) is 14.5 Å². The van der Waals surface area contributed by atoms with Gasteiger partial charge in [0.2, 0.25) is 11.9 Å². The van der Waals surface area contributed by atoms with Crippen molar-refractivity contribution < 1.29 is 13.9 Å². The zero-order chi connectivity index (χ0) is 24.4. The molecule has 1 amide bonds. The predicted molar refractivity (Wildman–Crippen MR) is 128 cm³/mol. The van der Waals surface area contributed by atoms with Crippen molar-refractivity contribution in [1.29, 1.82) is 0 Å². The van der Waals surface area contributed by atoms with E-state index in [1.165, 1.54) is 22.9 Å². The van der Waals surface area contributed by atoms with E-state index in [2.05, 4.69) is 9.97 Å². The molecule has 1 saturated heterocycles. The maximum absolute atomic E-state index is 14.3. The molecule has 3 aromatic rings. The highest BCUT2D eigenvalue weighted by Crippen LogP contribution is 2.28. The first kappa shape index (κ1) is 23.6. The summed E-state index contributed by atoms with van der Waals surface area (Å²) >= 11 is 0. The minimum absolute atomic E-state index is 0.0136. The summed E-state index contributed by atoms with van der Waals surface area (Å²) in [5.74, 6) is -0.0957. The van der Waals surface area contributed by atoms with E-state index in [0.29, 0.717) is 25.6 Å². The number of carbonyl (C=O) groups excluding carboxylic acids is 1. The molecule has 1 atom stereocenters. The number of amides is 1. The monoisotopic (exact) mass is 465 g/mol. The van der Waals surface area contributed by atoms with Crippen molar-refractivity contribution in [2.24, 2.45) is 7.05 Å². The number of nitrogens with zero attached hydrogens (tertiary/aromatic N) is 5. The van der Waals surface area contributed by atoms with Crippen LogP contribution in [0.15, 0.2) is 53.6 Å². The molecule has 2 aromatic heterocycles. The molecule has 1 aromatic carbocycles. The second-order valence-corrected chi connectivity index (χ2v) is 8.57. The van der Waals surface area contributed by atoms with E-state index < -0.39 is 5.82 Å². The minimum Gasteiger partial charge on any atom is -0.370 e. The summed E-state index contributed by atoms with van der Waals surface area (Å²) in [6.07, 6.45) is 2.33. The zero-order valence-corrected chi connectivity index (χ0v) is 19.7. The summed E-state index contributed by atoms with van der Waals surface area (Å²) in [6.45, 7) is 6.97. The average Bonchev–Trinajstić information content (AvgIpc) is 2.81. The molecular weight excluding hydrogens is 437 g/mol. The first-order valence-electron chi connectivity index (χ1n) is 11.2. The molecule has 1 aliphatic heterocycles. The molecule has 0 saturated carbocycles. The van der Waals surface area contributed by atoms with Crippen molar-refractivity contribution in [2.75, 3.05) is 29.5 Å². The first-order valence-corrected chi connectivity index (χ1v) is 11.2. The number of rotatable bonds is 5. The van der Waals surface area contributed by atoms with Crippen LogP contribution in [-0.2, 0) is 16.6 Å². The second-order valence-electron chi connectivity index (χ2n) is 8.57. The fraction of sp³-hybridized carbons (Fsp3) is 0.360. The van der Waals surface area contributed by atoms with Crippen LogP contribution in [0.2, 0.25) is 0 Å². The maximum atomic E-state index is 14.3. The molecule has 3 heterocycles. The molecule has 9 heteroatoms. The summed E-state index contributed by atoms with van der Waals surface area (Å²) in [4.78, 5) is 36.8. The number of pyridine rings is 1. The van der Waals surface area contributed by atoms with Crippen LogP contribution in [0.3, 0.4) is 0 Å². The van der Waals surface area contributed by atoms with Gasteiger partial charge in [0.1, 0.15) is 6.10 Å². The van der Waals surface area contributed by atoms with Crippen molar-refractivity contribution in [3.8, 4) is 11.3 Å². The second kappa shape index (κ2) is 9.72. The van der Waals surface area contributed by atoms with Crippen molar-refractivity contribution >= 4 is 17.5 Å². The van der Waals surface area contributed by atoms with Gasteiger partial charge in [-0.2, -0.15) is 0 Å². The summed E-state index contributed by atoms with van der Waals surface area (Å²) in [5.41, 5.74) is 2.01. The van der Waals surface area contributed by atoms with Crippen molar-refractivity contribution in [3.63, 3.8) is 0 Å². The Balaban J connectivity index is 1.61. The molecule has 0 radical (unpaired) electrons. The van der Waals surface area contributed by atoms with Gasteiger partial charge in [-0.05, 0) is 37.6 Å². The third kappa shape index (κ3) is 4.70. The molecule has 0 aliphatic carbocycles. The summed E-state index contributed by atoms with van der Waals surface area (Å²) in [5, 5.41) is 0. The van der Waals surface area contributed by atoms with Crippen LogP contribution in [0.5, 0.6) is 0 Å². The van der Waals surface area contributed by atoms with Crippen LogP contribution in [0.1, 0.15) is 32.4 Å². The SMILES string of the molecule is CC(=O)N(c1ccc([C@H]2CN(c3nc(-c4ccncc4F)cc(=O)n3C)CCO2)cc1)C(C)C. The molecule has 0 spiro atoms. The third-order valence-electron chi connectivity index (χ3n) is 5.91. The van der Waals surface area contributed by atoms with E-state index in [-0.39, 0.29) is 34.9 Å². The predicted octanol–water partition coefficient (Wildman–Crippen LogP) is 3.32. The third-order valence-corrected chi connectivity index (χ3v) is 5.91. The Kier molecular flexibility index (Phi) is 6.74. The molecule has 1 fully saturated rings. The first-order chi connectivity index (χ1) is 16.3. The van der Waals surface area contributed by atoms with Gasteiger partial charge in [0.15, 0.2) is 5.82 Å². The molecule has 4 rings (SSSR count). The Hall–Kier alpha value is -3.59. The van der Waals surface area contributed by atoms with Gasteiger partial charge in [0.05, 0.1) is 25.0 Å². The molecule has 1 aliphatic rings. The summed E-state index contributed by atoms with van der Waals surface area (Å²) in [7, 11) is 1.65. The molecule has 34 heavy (non-hydrogen) atoms. The number of morpholine rings is 1. The highest BCUT2D eigenvalue weighted by atomic mass is 19.1. The number of anilines is 2. The number of aromatic nitrogens is 3. The van der Waals surface area contributed by atoms with Crippen LogP contribution in [0.4, 0.5) is 16.0 Å². The Bertz CT molecular complexity index is 1240. The lowest BCUT2D eigenvalue weighted by Crippen LogP contribution is -2.41. The van der Waals surface area contributed by atoms with E-state index in [9.17, 15) is 14.0 Å². The lowest BCUT2D eigenvalue weighted by molar-refractivity contribution is -0.116. The van der Waals surface area contributed by atoms with E-state index in [4.69, 9.17) is 4.74 Å². The fourth-order valence-electron chi connectivity index (χ4n) is 4.26. The number of ether oxygens (including phenoxy) is 1. The van der Waals surface area contributed by atoms with Crippen molar-refractivity contribution in [2.45, 2.75) is 32.9 Å². The smallest absolute Gasteiger partial charge is 0.255 e. The number of hydrogen-bond donors (Lipinski definition) is 0. The lowest BCUT2D eigenvalue weighted by atomic mass is 10.1. The van der Waals surface area contributed by atoms with Crippen LogP contribution < -0.4 is 15.4 Å². The summed E-state index contributed by atoms with van der Waals surface area (Å²) < 4.78 is 21.8. The quantitative estimate of drug-likeness (QED) is 0.575. The lowest BCUT2D eigenvalue weighted by Gasteiger charge is -2.35. The van der Waals surface area contributed by atoms with Crippen molar-refractivity contribution in [3.05, 3.63) is 70.5 Å². The number of halogens is 1. The largest absolute Gasteiger partial charge is 0.370 e. The zero-order valence-electron chi connectivity index (χ0n) is 19.7. The van der Waals surface area contributed by atoms with Gasteiger partial charge < -0.3 is 14.5 Å². The number of hydrogen-bond acceptors (Lipinski definition) is 6. The van der Waals surface area contributed by atoms with Gasteiger partial charge in [0, 0.05) is 50.1 Å². The van der Waals surface area contributed by atoms with Crippen LogP contribution in [0, 0.1) is 5.82 Å². The summed E-state index contributed by atoms with van der Waals surface area (Å²) in [6, 6.07) is 10.6. The topological polar surface area (TPSA) is 80.6 Å². The Morgan fingerprint density at radius 1 is 1.24 bits per heavy atom. The molecule has 178 valence electrons. The molecular formula is C25H28FN5O3. The van der Waals surface area contributed by atoms with Gasteiger partial charge in [0.25, 0.3) is 5.56 Å². The van der Waals surface area contributed by atoms with Crippen LogP contribution in [-0.4, -0.2) is 46.2 Å². The molecule has 0 bridgehead atoms. The van der Waals surface area contributed by atoms with Crippen LogP contribution in [0.25, 0.3) is 11.3 Å². The van der Waals surface area contributed by atoms with Gasteiger partial charge in [-0.3, -0.25) is 19.1 Å². The Labute approximate surface area is 197 Å². The van der Waals surface area contributed by atoms with Gasteiger partial charge in [-0.15, -0.1) is 0 Å². The van der Waals surface area contributed by atoms with Gasteiger partial charge in [-0.1, -0.05) is 12.1 Å². The number of benzene rings is 1. The van der Waals surface area contributed by atoms with Gasteiger partial charge in [-0.25, -0.2) is 9.37 Å². The van der Waals surface area contributed by atoms with Crippen LogP contribution >= 0.6 is 0 Å². The van der Waals surface area contributed by atoms with E-state index in [1.807, 2.05) is 43.0 Å². The van der Waals surface area contributed by atoms with E-state index in [1.54, 1.807) is 18.9 Å². The molecule has 0 unspecified atom stereocenters. The van der Waals surface area contributed by atoms with E-state index in [0.717, 1.165) is 17.4 Å². The van der Waals surface area contributed by atoms with E-state index >= 15 is 0 Å². The normalized spacial score (nSPS) is 16.1. The maximum Gasteiger partial charge on any atom is 0.255 e.